The number of halogens is 1. The SMILES string of the molecule is O=C(O)CCc1ccc(-n2ccnc2)c(Cl)c1. The van der Waals surface area contributed by atoms with Gasteiger partial charge in [-0.2, -0.15) is 0 Å². The maximum absolute atomic E-state index is 10.5. The predicted octanol–water partition coefficient (Wildman–Crippen LogP) is 2.54. The molecule has 0 saturated heterocycles. The molecule has 0 saturated carbocycles. The minimum absolute atomic E-state index is 0.112. The lowest BCUT2D eigenvalue weighted by molar-refractivity contribution is -0.136. The second kappa shape index (κ2) is 5.01. The average molecular weight is 251 g/mol. The summed E-state index contributed by atoms with van der Waals surface area (Å²) >= 11 is 6.14. The molecule has 0 atom stereocenters. The Kier molecular flexibility index (Phi) is 3.44. The summed E-state index contributed by atoms with van der Waals surface area (Å²) < 4.78 is 1.81. The molecule has 2 rings (SSSR count). The zero-order valence-corrected chi connectivity index (χ0v) is 9.76. The summed E-state index contributed by atoms with van der Waals surface area (Å²) in [5.74, 6) is -0.806. The van der Waals surface area contributed by atoms with Gasteiger partial charge in [0.15, 0.2) is 0 Å². The van der Waals surface area contributed by atoms with E-state index in [4.69, 9.17) is 16.7 Å². The molecule has 2 aromatic rings. The number of aryl methyl sites for hydroxylation is 1. The van der Waals surface area contributed by atoms with Crippen molar-refractivity contribution in [2.45, 2.75) is 12.8 Å². The monoisotopic (exact) mass is 250 g/mol. The number of rotatable bonds is 4. The molecule has 0 aliphatic carbocycles. The first-order chi connectivity index (χ1) is 8.16. The Bertz CT molecular complexity index is 523. The number of aromatic nitrogens is 2. The van der Waals surface area contributed by atoms with Crippen LogP contribution in [0.5, 0.6) is 0 Å². The number of carboxylic acid groups (broad SMARTS) is 1. The molecule has 4 nitrogen and oxygen atoms in total. The van der Waals surface area contributed by atoms with Gasteiger partial charge in [0.05, 0.1) is 17.0 Å². The largest absolute Gasteiger partial charge is 0.481 e. The number of carboxylic acids is 1. The fourth-order valence-corrected chi connectivity index (χ4v) is 1.87. The summed E-state index contributed by atoms with van der Waals surface area (Å²) in [6.07, 6.45) is 5.74. The number of nitrogens with zero attached hydrogens (tertiary/aromatic N) is 2. The highest BCUT2D eigenvalue weighted by atomic mass is 35.5. The molecule has 0 amide bonds. The Morgan fingerprint density at radius 3 is 2.88 bits per heavy atom. The van der Waals surface area contributed by atoms with Crippen molar-refractivity contribution in [1.82, 2.24) is 9.55 Å². The van der Waals surface area contributed by atoms with Crippen LogP contribution in [0.2, 0.25) is 5.02 Å². The van der Waals surface area contributed by atoms with Crippen molar-refractivity contribution in [3.8, 4) is 5.69 Å². The molecule has 1 aromatic heterocycles. The Labute approximate surface area is 103 Å². The van der Waals surface area contributed by atoms with Crippen molar-refractivity contribution < 1.29 is 9.90 Å². The van der Waals surface area contributed by atoms with Gasteiger partial charge in [-0.1, -0.05) is 17.7 Å². The van der Waals surface area contributed by atoms with Gasteiger partial charge in [0, 0.05) is 18.8 Å². The molecule has 0 aliphatic heterocycles. The fraction of sp³-hybridized carbons (Fsp3) is 0.167. The third-order valence-electron chi connectivity index (χ3n) is 2.42. The quantitative estimate of drug-likeness (QED) is 0.907. The summed E-state index contributed by atoms with van der Waals surface area (Å²) in [7, 11) is 0. The topological polar surface area (TPSA) is 55.1 Å². The first-order valence-corrected chi connectivity index (χ1v) is 5.53. The lowest BCUT2D eigenvalue weighted by Crippen LogP contribution is -1.98. The molecule has 1 N–H and O–H groups in total. The molecule has 0 radical (unpaired) electrons. The van der Waals surface area contributed by atoms with Gasteiger partial charge in [-0.15, -0.1) is 0 Å². The zero-order valence-electron chi connectivity index (χ0n) is 9.01. The summed E-state index contributed by atoms with van der Waals surface area (Å²) in [5, 5.41) is 9.19. The van der Waals surface area contributed by atoms with Crippen LogP contribution in [0, 0.1) is 0 Å². The smallest absolute Gasteiger partial charge is 0.303 e. The Balaban J connectivity index is 2.20. The molecule has 88 valence electrons. The first-order valence-electron chi connectivity index (χ1n) is 5.15. The van der Waals surface area contributed by atoms with E-state index in [0.717, 1.165) is 11.3 Å². The van der Waals surface area contributed by atoms with Crippen LogP contribution in [-0.2, 0) is 11.2 Å². The third-order valence-corrected chi connectivity index (χ3v) is 2.72. The zero-order chi connectivity index (χ0) is 12.3. The molecule has 1 heterocycles. The van der Waals surface area contributed by atoms with Crippen molar-refractivity contribution in [3.63, 3.8) is 0 Å². The summed E-state index contributed by atoms with van der Waals surface area (Å²) in [4.78, 5) is 14.4. The molecule has 0 unspecified atom stereocenters. The lowest BCUT2D eigenvalue weighted by Gasteiger charge is -2.07. The van der Waals surface area contributed by atoms with E-state index in [1.54, 1.807) is 24.8 Å². The van der Waals surface area contributed by atoms with Crippen LogP contribution in [0.1, 0.15) is 12.0 Å². The highest BCUT2D eigenvalue weighted by molar-refractivity contribution is 6.32. The fourth-order valence-electron chi connectivity index (χ4n) is 1.57. The number of carbonyl (C=O) groups is 1. The van der Waals surface area contributed by atoms with Crippen molar-refractivity contribution in [2.75, 3.05) is 0 Å². The number of hydrogen-bond donors (Lipinski definition) is 1. The predicted molar refractivity (Wildman–Crippen MR) is 64.5 cm³/mol. The van der Waals surface area contributed by atoms with Gasteiger partial charge in [0.2, 0.25) is 0 Å². The maximum Gasteiger partial charge on any atom is 0.303 e. The van der Waals surface area contributed by atoms with Gasteiger partial charge in [-0.05, 0) is 24.1 Å². The number of aliphatic carboxylic acids is 1. The van der Waals surface area contributed by atoms with Crippen LogP contribution in [0.3, 0.4) is 0 Å². The Hall–Kier alpha value is -1.81. The first kappa shape index (κ1) is 11.7. The minimum atomic E-state index is -0.806. The van der Waals surface area contributed by atoms with E-state index in [-0.39, 0.29) is 6.42 Å². The lowest BCUT2D eigenvalue weighted by atomic mass is 10.1. The van der Waals surface area contributed by atoms with Crippen LogP contribution in [0.25, 0.3) is 5.69 Å². The molecular weight excluding hydrogens is 240 g/mol. The molecule has 1 aromatic carbocycles. The van der Waals surface area contributed by atoms with Gasteiger partial charge in [0.1, 0.15) is 0 Å². The average Bonchev–Trinajstić information content (AvgIpc) is 2.79. The molecule has 0 bridgehead atoms. The van der Waals surface area contributed by atoms with E-state index < -0.39 is 5.97 Å². The van der Waals surface area contributed by atoms with Crippen molar-refractivity contribution in [3.05, 3.63) is 47.5 Å². The normalized spacial score (nSPS) is 10.4. The number of benzene rings is 1. The van der Waals surface area contributed by atoms with E-state index >= 15 is 0 Å². The van der Waals surface area contributed by atoms with Crippen LogP contribution >= 0.6 is 11.6 Å². The van der Waals surface area contributed by atoms with Crippen LogP contribution in [0.4, 0.5) is 0 Å². The minimum Gasteiger partial charge on any atom is -0.481 e. The maximum atomic E-state index is 10.5. The van der Waals surface area contributed by atoms with E-state index in [9.17, 15) is 4.79 Å². The highest BCUT2D eigenvalue weighted by Gasteiger charge is 2.05. The van der Waals surface area contributed by atoms with Crippen molar-refractivity contribution >= 4 is 17.6 Å². The second-order valence-electron chi connectivity index (χ2n) is 3.65. The van der Waals surface area contributed by atoms with Crippen molar-refractivity contribution in [1.29, 1.82) is 0 Å². The van der Waals surface area contributed by atoms with Crippen LogP contribution in [0.15, 0.2) is 36.9 Å². The number of imidazole rings is 1. The van der Waals surface area contributed by atoms with Gasteiger partial charge >= 0.3 is 5.97 Å². The Morgan fingerprint density at radius 2 is 2.29 bits per heavy atom. The molecule has 17 heavy (non-hydrogen) atoms. The molecule has 5 heteroatoms. The molecule has 0 spiro atoms. The van der Waals surface area contributed by atoms with Gasteiger partial charge < -0.3 is 9.67 Å². The van der Waals surface area contributed by atoms with E-state index in [2.05, 4.69) is 4.98 Å². The van der Waals surface area contributed by atoms with E-state index in [1.807, 2.05) is 16.7 Å². The van der Waals surface area contributed by atoms with Crippen molar-refractivity contribution in [2.24, 2.45) is 0 Å². The molecule has 0 fully saturated rings. The third kappa shape index (κ3) is 2.85. The molecule has 0 aliphatic rings. The summed E-state index contributed by atoms with van der Waals surface area (Å²) in [6, 6.07) is 5.53. The van der Waals surface area contributed by atoms with Gasteiger partial charge in [-0.3, -0.25) is 4.79 Å². The summed E-state index contributed by atoms with van der Waals surface area (Å²) in [5.41, 5.74) is 1.75. The number of hydrogen-bond acceptors (Lipinski definition) is 2. The summed E-state index contributed by atoms with van der Waals surface area (Å²) in [6.45, 7) is 0. The van der Waals surface area contributed by atoms with Crippen LogP contribution < -0.4 is 0 Å². The van der Waals surface area contributed by atoms with E-state index in [1.165, 1.54) is 0 Å². The van der Waals surface area contributed by atoms with Crippen LogP contribution in [-0.4, -0.2) is 20.6 Å². The standard InChI is InChI=1S/C12H11ClN2O2/c13-10-7-9(2-4-12(16)17)1-3-11(10)15-6-5-14-8-15/h1,3,5-8H,2,4H2,(H,16,17). The van der Waals surface area contributed by atoms with Gasteiger partial charge in [0.25, 0.3) is 0 Å². The molecular formula is C12H11ClN2O2. The second-order valence-corrected chi connectivity index (χ2v) is 4.06. The highest BCUT2D eigenvalue weighted by Crippen LogP contribution is 2.22. The van der Waals surface area contributed by atoms with Gasteiger partial charge in [-0.25, -0.2) is 4.98 Å². The Morgan fingerprint density at radius 1 is 1.47 bits per heavy atom. The van der Waals surface area contributed by atoms with E-state index in [0.29, 0.717) is 11.4 Å².